The third-order valence-corrected chi connectivity index (χ3v) is 1.49. The first-order valence-corrected chi connectivity index (χ1v) is 3.20. The quantitative estimate of drug-likeness (QED) is 0.402. The summed E-state index contributed by atoms with van der Waals surface area (Å²) in [4.78, 5) is 12.0. The monoisotopic (exact) mass is 125 g/mol. The van der Waals surface area contributed by atoms with Crippen LogP contribution in [0, 0.1) is 0 Å². The zero-order valence-electron chi connectivity index (χ0n) is 5.42. The summed E-state index contributed by atoms with van der Waals surface area (Å²) in [5.74, 6) is 0. The molecule has 2 heteroatoms. The minimum Gasteiger partial charge on any atom is -0.339 e. The lowest BCUT2D eigenvalue weighted by atomic mass is 10.5. The second kappa shape index (κ2) is 2.67. The molecule has 2 nitrogen and oxygen atoms in total. The zero-order valence-corrected chi connectivity index (χ0v) is 5.42. The smallest absolute Gasteiger partial charge is 0.210 e. The highest BCUT2D eigenvalue weighted by Gasteiger charge is 2.26. The molecular formula is C7H11NO. The molecule has 1 amide bonds. The molecule has 0 aromatic rings. The van der Waals surface area contributed by atoms with E-state index in [1.165, 1.54) is 12.8 Å². The number of carbonyl (C=O) groups excluding carboxylic acids is 1. The first-order valence-electron chi connectivity index (χ1n) is 3.20. The molecule has 1 saturated carbocycles. The minimum atomic E-state index is 0.528. The van der Waals surface area contributed by atoms with Crippen LogP contribution in [-0.4, -0.2) is 23.9 Å². The van der Waals surface area contributed by atoms with E-state index in [0.29, 0.717) is 12.6 Å². The average molecular weight is 125 g/mol. The highest BCUT2D eigenvalue weighted by Crippen LogP contribution is 2.24. The number of nitrogens with zero attached hydrogens (tertiary/aromatic N) is 1. The summed E-state index contributed by atoms with van der Waals surface area (Å²) in [7, 11) is 0. The van der Waals surface area contributed by atoms with Crippen molar-refractivity contribution in [2.75, 3.05) is 6.54 Å². The van der Waals surface area contributed by atoms with Crippen molar-refractivity contribution in [1.82, 2.24) is 4.90 Å². The van der Waals surface area contributed by atoms with Crippen molar-refractivity contribution in [1.29, 1.82) is 0 Å². The van der Waals surface area contributed by atoms with Crippen molar-refractivity contribution in [2.45, 2.75) is 18.9 Å². The van der Waals surface area contributed by atoms with Gasteiger partial charge in [-0.15, -0.1) is 6.58 Å². The lowest BCUT2D eigenvalue weighted by Crippen LogP contribution is -2.23. The maximum Gasteiger partial charge on any atom is 0.210 e. The van der Waals surface area contributed by atoms with Crippen LogP contribution in [0.2, 0.25) is 0 Å². The molecule has 0 spiro atoms. The second-order valence-corrected chi connectivity index (χ2v) is 2.32. The molecule has 0 heterocycles. The van der Waals surface area contributed by atoms with Crippen molar-refractivity contribution in [3.63, 3.8) is 0 Å². The molecule has 9 heavy (non-hydrogen) atoms. The van der Waals surface area contributed by atoms with E-state index in [0.717, 1.165) is 6.41 Å². The Bertz CT molecular complexity index is 118. The van der Waals surface area contributed by atoms with Gasteiger partial charge in [-0.25, -0.2) is 0 Å². The molecule has 0 N–H and O–H groups in total. The van der Waals surface area contributed by atoms with E-state index < -0.39 is 0 Å². The summed E-state index contributed by atoms with van der Waals surface area (Å²) in [5.41, 5.74) is 0. The molecule has 1 aliphatic carbocycles. The van der Waals surface area contributed by atoms with E-state index in [9.17, 15) is 4.79 Å². The third kappa shape index (κ3) is 1.56. The van der Waals surface area contributed by atoms with E-state index in [1.54, 1.807) is 11.0 Å². The predicted molar refractivity (Wildman–Crippen MR) is 36.0 cm³/mol. The molecule has 1 fully saturated rings. The third-order valence-electron chi connectivity index (χ3n) is 1.49. The summed E-state index contributed by atoms with van der Waals surface area (Å²) in [6.07, 6.45) is 5.01. The van der Waals surface area contributed by atoms with Crippen LogP contribution in [0.4, 0.5) is 0 Å². The van der Waals surface area contributed by atoms with Gasteiger partial charge < -0.3 is 4.90 Å². The van der Waals surface area contributed by atoms with Gasteiger partial charge in [0.15, 0.2) is 0 Å². The lowest BCUT2D eigenvalue weighted by Gasteiger charge is -2.12. The fourth-order valence-corrected chi connectivity index (χ4v) is 0.833. The molecule has 0 radical (unpaired) electrons. The molecule has 1 aliphatic rings. The standard InChI is InChI=1S/C7H11NO/c1-2-5-8(6-9)7-3-4-7/h2,6-7H,1,3-5H2. The van der Waals surface area contributed by atoms with E-state index in [1.807, 2.05) is 0 Å². The average Bonchev–Trinajstić information content (AvgIpc) is 2.64. The van der Waals surface area contributed by atoms with Gasteiger partial charge in [-0.1, -0.05) is 6.08 Å². The lowest BCUT2D eigenvalue weighted by molar-refractivity contribution is -0.118. The van der Waals surface area contributed by atoms with Crippen molar-refractivity contribution in [3.05, 3.63) is 12.7 Å². The van der Waals surface area contributed by atoms with Gasteiger partial charge in [-0.2, -0.15) is 0 Å². The van der Waals surface area contributed by atoms with Gasteiger partial charge in [-0.3, -0.25) is 4.79 Å². The van der Waals surface area contributed by atoms with Gasteiger partial charge in [0.05, 0.1) is 0 Å². The van der Waals surface area contributed by atoms with E-state index in [2.05, 4.69) is 6.58 Å². The van der Waals surface area contributed by atoms with Gasteiger partial charge in [0.1, 0.15) is 0 Å². The molecule has 0 aromatic heterocycles. The Morgan fingerprint density at radius 3 is 2.67 bits per heavy atom. The van der Waals surface area contributed by atoms with Crippen LogP contribution in [0.5, 0.6) is 0 Å². The number of hydrogen-bond donors (Lipinski definition) is 0. The molecule has 0 bridgehead atoms. The molecule has 0 saturated heterocycles. The Labute approximate surface area is 55.2 Å². The summed E-state index contributed by atoms with van der Waals surface area (Å²) < 4.78 is 0. The fraction of sp³-hybridized carbons (Fsp3) is 0.571. The van der Waals surface area contributed by atoms with Crippen LogP contribution < -0.4 is 0 Å². The molecule has 0 aromatic carbocycles. The maximum absolute atomic E-state index is 10.3. The molecule has 0 unspecified atom stereocenters. The Hall–Kier alpha value is -0.790. The SMILES string of the molecule is C=CCN(C=O)C1CC1. The van der Waals surface area contributed by atoms with Crippen molar-refractivity contribution in [2.24, 2.45) is 0 Å². The number of hydrogen-bond acceptors (Lipinski definition) is 1. The second-order valence-electron chi connectivity index (χ2n) is 2.32. The van der Waals surface area contributed by atoms with E-state index in [-0.39, 0.29) is 0 Å². The Kier molecular flexibility index (Phi) is 1.88. The Morgan fingerprint density at radius 1 is 1.67 bits per heavy atom. The first kappa shape index (κ1) is 6.33. The predicted octanol–water partition coefficient (Wildman–Crippen LogP) is 0.793. The highest BCUT2D eigenvalue weighted by atomic mass is 16.1. The van der Waals surface area contributed by atoms with Gasteiger partial charge in [-0.05, 0) is 12.8 Å². The Morgan fingerprint density at radius 2 is 2.33 bits per heavy atom. The molecule has 50 valence electrons. The van der Waals surface area contributed by atoms with Gasteiger partial charge in [0.2, 0.25) is 6.41 Å². The van der Waals surface area contributed by atoms with Crippen molar-refractivity contribution in [3.8, 4) is 0 Å². The van der Waals surface area contributed by atoms with E-state index >= 15 is 0 Å². The minimum absolute atomic E-state index is 0.528. The number of rotatable bonds is 4. The summed E-state index contributed by atoms with van der Waals surface area (Å²) >= 11 is 0. The van der Waals surface area contributed by atoms with Crippen LogP contribution in [0.25, 0.3) is 0 Å². The molecule has 1 rings (SSSR count). The Balaban J connectivity index is 2.28. The van der Waals surface area contributed by atoms with Gasteiger partial charge >= 0.3 is 0 Å². The van der Waals surface area contributed by atoms with E-state index in [4.69, 9.17) is 0 Å². The summed E-state index contributed by atoms with van der Waals surface area (Å²) in [6, 6.07) is 0.528. The normalized spacial score (nSPS) is 16.9. The van der Waals surface area contributed by atoms with Gasteiger partial charge in [0.25, 0.3) is 0 Å². The van der Waals surface area contributed by atoms with Crippen LogP contribution in [-0.2, 0) is 4.79 Å². The number of amides is 1. The largest absolute Gasteiger partial charge is 0.339 e. The summed E-state index contributed by atoms with van der Waals surface area (Å²) in [6.45, 7) is 4.26. The molecule has 0 atom stereocenters. The van der Waals surface area contributed by atoms with Crippen molar-refractivity contribution >= 4 is 6.41 Å². The summed E-state index contributed by atoms with van der Waals surface area (Å²) in [5, 5.41) is 0. The zero-order chi connectivity index (χ0) is 6.69. The van der Waals surface area contributed by atoms with Crippen LogP contribution in [0.1, 0.15) is 12.8 Å². The fourth-order valence-electron chi connectivity index (χ4n) is 0.833. The first-order chi connectivity index (χ1) is 4.38. The number of carbonyl (C=O) groups is 1. The molecule has 0 aliphatic heterocycles. The van der Waals surface area contributed by atoms with Crippen LogP contribution in [0.3, 0.4) is 0 Å². The van der Waals surface area contributed by atoms with Crippen molar-refractivity contribution < 1.29 is 4.79 Å². The highest BCUT2D eigenvalue weighted by molar-refractivity contribution is 5.48. The van der Waals surface area contributed by atoms with Crippen LogP contribution in [0.15, 0.2) is 12.7 Å². The molecular weight excluding hydrogens is 114 g/mol. The maximum atomic E-state index is 10.3. The van der Waals surface area contributed by atoms with Gasteiger partial charge in [0, 0.05) is 12.6 Å². The van der Waals surface area contributed by atoms with Crippen LogP contribution >= 0.6 is 0 Å². The topological polar surface area (TPSA) is 20.3 Å².